The van der Waals surface area contributed by atoms with Crippen LogP contribution in [-0.2, 0) is 14.3 Å². The van der Waals surface area contributed by atoms with Crippen molar-refractivity contribution in [3.63, 3.8) is 0 Å². The van der Waals surface area contributed by atoms with Crippen molar-refractivity contribution in [1.29, 1.82) is 0 Å². The van der Waals surface area contributed by atoms with Crippen LogP contribution in [0.3, 0.4) is 0 Å². The van der Waals surface area contributed by atoms with Crippen LogP contribution < -0.4 is 5.32 Å². The van der Waals surface area contributed by atoms with E-state index in [4.69, 9.17) is 4.74 Å². The van der Waals surface area contributed by atoms with E-state index in [9.17, 15) is 4.79 Å². The predicted octanol–water partition coefficient (Wildman–Crippen LogP) is -0.432. The standard InChI is InChI=1S/C8H14N2O3/c1-12-8(11)2-3-9-7-6-13-5-4-10-7/h2-6H2,1H3,(H,9,10). The van der Waals surface area contributed by atoms with E-state index < -0.39 is 0 Å². The van der Waals surface area contributed by atoms with Gasteiger partial charge in [-0.2, -0.15) is 0 Å². The molecule has 5 nitrogen and oxygen atoms in total. The first-order valence-corrected chi connectivity index (χ1v) is 4.24. The summed E-state index contributed by atoms with van der Waals surface area (Å²) in [5.41, 5.74) is 0. The third-order valence-corrected chi connectivity index (χ3v) is 1.66. The minimum atomic E-state index is -0.218. The number of nitrogens with zero attached hydrogens (tertiary/aromatic N) is 1. The summed E-state index contributed by atoms with van der Waals surface area (Å²) in [5.74, 6) is 0.597. The van der Waals surface area contributed by atoms with Crippen LogP contribution in [0, 0.1) is 0 Å². The van der Waals surface area contributed by atoms with Gasteiger partial charge in [0.1, 0.15) is 12.4 Å². The summed E-state index contributed by atoms with van der Waals surface area (Å²) < 4.78 is 9.65. The second kappa shape index (κ2) is 5.53. The SMILES string of the molecule is COC(=O)CCNC1=NCCOC1. The molecular formula is C8H14N2O3. The molecule has 0 aromatic heterocycles. The van der Waals surface area contributed by atoms with Gasteiger partial charge in [0.25, 0.3) is 0 Å². The number of hydrogen-bond acceptors (Lipinski definition) is 5. The van der Waals surface area contributed by atoms with Crippen molar-refractivity contribution >= 4 is 11.8 Å². The first-order chi connectivity index (χ1) is 6.33. The van der Waals surface area contributed by atoms with Gasteiger partial charge in [0.05, 0.1) is 26.7 Å². The van der Waals surface area contributed by atoms with Crippen LogP contribution in [0.4, 0.5) is 0 Å². The molecule has 0 spiro atoms. The Kier molecular flexibility index (Phi) is 4.25. The fourth-order valence-corrected chi connectivity index (χ4v) is 0.977. The minimum absolute atomic E-state index is 0.218. The summed E-state index contributed by atoms with van der Waals surface area (Å²) >= 11 is 0. The largest absolute Gasteiger partial charge is 0.469 e. The van der Waals surface area contributed by atoms with Gasteiger partial charge in [-0.25, -0.2) is 0 Å². The highest BCUT2D eigenvalue weighted by Crippen LogP contribution is 1.89. The van der Waals surface area contributed by atoms with Gasteiger partial charge < -0.3 is 14.8 Å². The zero-order chi connectivity index (χ0) is 9.52. The van der Waals surface area contributed by atoms with Crippen molar-refractivity contribution in [2.75, 3.05) is 33.4 Å². The van der Waals surface area contributed by atoms with Gasteiger partial charge in [-0.15, -0.1) is 0 Å². The van der Waals surface area contributed by atoms with Gasteiger partial charge in [-0.1, -0.05) is 0 Å². The number of ether oxygens (including phenoxy) is 2. The summed E-state index contributed by atoms with van der Waals surface area (Å²) in [6.45, 7) is 2.44. The van der Waals surface area contributed by atoms with E-state index in [0.717, 1.165) is 5.84 Å². The number of nitrogens with one attached hydrogen (secondary N) is 1. The zero-order valence-corrected chi connectivity index (χ0v) is 7.71. The smallest absolute Gasteiger partial charge is 0.307 e. The molecule has 0 amide bonds. The lowest BCUT2D eigenvalue weighted by molar-refractivity contribution is -0.140. The molecule has 0 aromatic carbocycles. The number of carbonyl (C=O) groups excluding carboxylic acids is 1. The average molecular weight is 186 g/mol. The fraction of sp³-hybridized carbons (Fsp3) is 0.750. The number of aliphatic imine (C=N–C) groups is 1. The van der Waals surface area contributed by atoms with Crippen molar-refractivity contribution in [3.05, 3.63) is 0 Å². The molecule has 0 radical (unpaired) electrons. The molecule has 0 unspecified atom stereocenters. The highest BCUT2D eigenvalue weighted by molar-refractivity contribution is 5.84. The van der Waals surface area contributed by atoms with Gasteiger partial charge in [0.2, 0.25) is 0 Å². The van der Waals surface area contributed by atoms with Gasteiger partial charge in [-0.05, 0) is 0 Å². The molecule has 0 aromatic rings. The topological polar surface area (TPSA) is 59.9 Å². The molecule has 0 saturated carbocycles. The quantitative estimate of drug-likeness (QED) is 0.607. The number of methoxy groups -OCH3 is 1. The van der Waals surface area contributed by atoms with E-state index in [2.05, 4.69) is 15.0 Å². The monoisotopic (exact) mass is 186 g/mol. The minimum Gasteiger partial charge on any atom is -0.469 e. The Morgan fingerprint density at radius 3 is 3.23 bits per heavy atom. The highest BCUT2D eigenvalue weighted by atomic mass is 16.5. The number of esters is 1. The van der Waals surface area contributed by atoms with E-state index >= 15 is 0 Å². The van der Waals surface area contributed by atoms with Crippen molar-refractivity contribution in [1.82, 2.24) is 5.32 Å². The van der Waals surface area contributed by atoms with Crippen LogP contribution in [0.15, 0.2) is 4.99 Å². The van der Waals surface area contributed by atoms with Gasteiger partial charge in [-0.3, -0.25) is 9.79 Å². The molecule has 1 aliphatic rings. The Balaban J connectivity index is 2.11. The van der Waals surface area contributed by atoms with Crippen LogP contribution >= 0.6 is 0 Å². The molecule has 0 saturated heterocycles. The van der Waals surface area contributed by atoms with E-state index in [1.165, 1.54) is 7.11 Å². The number of hydrogen-bond donors (Lipinski definition) is 1. The van der Waals surface area contributed by atoms with Gasteiger partial charge >= 0.3 is 5.97 Å². The molecule has 74 valence electrons. The Hall–Kier alpha value is -1.10. The first kappa shape index (κ1) is 9.98. The van der Waals surface area contributed by atoms with Crippen molar-refractivity contribution in [3.8, 4) is 0 Å². The van der Waals surface area contributed by atoms with Crippen molar-refractivity contribution in [2.24, 2.45) is 4.99 Å². The molecule has 1 N–H and O–H groups in total. The predicted molar refractivity (Wildman–Crippen MR) is 47.8 cm³/mol. The maximum absolute atomic E-state index is 10.7. The molecule has 1 rings (SSSR count). The van der Waals surface area contributed by atoms with E-state index in [0.29, 0.717) is 32.7 Å². The van der Waals surface area contributed by atoms with Crippen LogP contribution in [0.2, 0.25) is 0 Å². The van der Waals surface area contributed by atoms with Crippen LogP contribution in [0.1, 0.15) is 6.42 Å². The second-order valence-corrected chi connectivity index (χ2v) is 2.63. The Bertz CT molecular complexity index is 204. The molecule has 13 heavy (non-hydrogen) atoms. The summed E-state index contributed by atoms with van der Waals surface area (Å²) in [6.07, 6.45) is 0.357. The molecule has 0 atom stereocenters. The van der Waals surface area contributed by atoms with E-state index in [1.54, 1.807) is 0 Å². The molecular weight excluding hydrogens is 172 g/mol. The summed E-state index contributed by atoms with van der Waals surface area (Å²) in [7, 11) is 1.38. The van der Waals surface area contributed by atoms with Crippen molar-refractivity contribution < 1.29 is 14.3 Å². The van der Waals surface area contributed by atoms with E-state index in [1.807, 2.05) is 0 Å². The number of carbonyl (C=O) groups is 1. The van der Waals surface area contributed by atoms with Crippen LogP contribution in [0.25, 0.3) is 0 Å². The lowest BCUT2D eigenvalue weighted by Crippen LogP contribution is -2.33. The third-order valence-electron chi connectivity index (χ3n) is 1.66. The van der Waals surface area contributed by atoms with Crippen molar-refractivity contribution in [2.45, 2.75) is 6.42 Å². The molecule has 0 aliphatic carbocycles. The second-order valence-electron chi connectivity index (χ2n) is 2.63. The number of rotatable bonds is 3. The van der Waals surface area contributed by atoms with Crippen LogP contribution in [0.5, 0.6) is 0 Å². The Labute approximate surface area is 77.1 Å². The first-order valence-electron chi connectivity index (χ1n) is 4.24. The highest BCUT2D eigenvalue weighted by Gasteiger charge is 2.05. The lowest BCUT2D eigenvalue weighted by atomic mass is 10.4. The Morgan fingerprint density at radius 2 is 2.62 bits per heavy atom. The van der Waals surface area contributed by atoms with Gasteiger partial charge in [0, 0.05) is 6.54 Å². The molecule has 0 bridgehead atoms. The van der Waals surface area contributed by atoms with Gasteiger partial charge in [0.15, 0.2) is 0 Å². The third kappa shape index (κ3) is 3.89. The normalized spacial score (nSPS) is 16.2. The van der Waals surface area contributed by atoms with E-state index in [-0.39, 0.29) is 5.97 Å². The molecule has 1 aliphatic heterocycles. The fourth-order valence-electron chi connectivity index (χ4n) is 0.977. The maximum atomic E-state index is 10.7. The summed E-state index contributed by atoms with van der Waals surface area (Å²) in [6, 6.07) is 0. The maximum Gasteiger partial charge on any atom is 0.307 e. The lowest BCUT2D eigenvalue weighted by Gasteiger charge is -2.13. The summed E-state index contributed by atoms with van der Waals surface area (Å²) in [4.78, 5) is 14.9. The number of amidine groups is 1. The Morgan fingerprint density at radius 1 is 1.77 bits per heavy atom. The molecule has 5 heteroatoms. The molecule has 1 heterocycles. The zero-order valence-electron chi connectivity index (χ0n) is 7.71. The molecule has 0 fully saturated rings. The average Bonchev–Trinajstić information content (AvgIpc) is 2.19. The van der Waals surface area contributed by atoms with Crippen LogP contribution in [-0.4, -0.2) is 45.2 Å². The summed E-state index contributed by atoms with van der Waals surface area (Å²) in [5, 5.41) is 3.01.